The van der Waals surface area contributed by atoms with Gasteiger partial charge in [-0.3, -0.25) is 0 Å². The summed E-state index contributed by atoms with van der Waals surface area (Å²) in [7, 11) is 0. The first-order valence-corrected chi connectivity index (χ1v) is 22.4. The molecule has 0 aliphatic carbocycles. The normalized spacial score (nSPS) is 11.4. The van der Waals surface area contributed by atoms with Crippen LogP contribution in [-0.2, 0) is 0 Å². The second-order valence-corrected chi connectivity index (χ2v) is 16.8. The third-order valence-corrected chi connectivity index (χ3v) is 13.0. The van der Waals surface area contributed by atoms with Gasteiger partial charge in [0.05, 0.1) is 0 Å². The van der Waals surface area contributed by atoms with E-state index in [1.54, 1.807) is 0 Å². The summed E-state index contributed by atoms with van der Waals surface area (Å²) in [5.41, 5.74) is 15.4. The molecule has 0 atom stereocenters. The van der Waals surface area contributed by atoms with E-state index in [1.807, 2.05) is 0 Å². The van der Waals surface area contributed by atoms with Crippen LogP contribution in [0.25, 0.3) is 98.7 Å². The summed E-state index contributed by atoms with van der Waals surface area (Å²) in [6, 6.07) is 95.3. The molecule has 65 heavy (non-hydrogen) atoms. The third kappa shape index (κ3) is 6.92. The minimum Gasteiger partial charge on any atom is -0.310 e. The monoisotopic (exact) mass is 825 g/mol. The van der Waals surface area contributed by atoms with E-state index < -0.39 is 0 Å². The molecule has 0 aliphatic rings. The van der Waals surface area contributed by atoms with Crippen molar-refractivity contribution in [3.05, 3.63) is 261 Å². The van der Waals surface area contributed by atoms with E-state index in [2.05, 4.69) is 266 Å². The van der Waals surface area contributed by atoms with Crippen LogP contribution < -0.4 is 4.90 Å². The first kappa shape index (κ1) is 38.2. The molecule has 1 nitrogen and oxygen atoms in total. The number of rotatable bonds is 8. The molecule has 12 rings (SSSR count). The Bertz CT molecular complexity index is 3670. The van der Waals surface area contributed by atoms with Crippen molar-refractivity contribution in [1.29, 1.82) is 0 Å². The highest BCUT2D eigenvalue weighted by atomic mass is 15.1. The van der Waals surface area contributed by atoms with E-state index in [-0.39, 0.29) is 0 Å². The molecule has 0 heterocycles. The number of hydrogen-bond acceptors (Lipinski definition) is 1. The predicted octanol–water partition coefficient (Wildman–Crippen LogP) is 18.1. The Morgan fingerprint density at radius 1 is 0.200 bits per heavy atom. The molecule has 12 aromatic rings. The average molecular weight is 826 g/mol. The summed E-state index contributed by atoms with van der Waals surface area (Å²) >= 11 is 0. The molecule has 12 aromatic carbocycles. The first-order chi connectivity index (χ1) is 32.2. The van der Waals surface area contributed by atoms with Crippen LogP contribution in [0.1, 0.15) is 0 Å². The fourth-order valence-corrected chi connectivity index (χ4v) is 9.99. The van der Waals surface area contributed by atoms with Crippen LogP contribution in [0.4, 0.5) is 17.1 Å². The van der Waals surface area contributed by atoms with E-state index in [9.17, 15) is 0 Å². The van der Waals surface area contributed by atoms with Crippen LogP contribution in [0, 0.1) is 0 Å². The number of fused-ring (bicyclic) bond motifs is 5. The summed E-state index contributed by atoms with van der Waals surface area (Å²) in [4.78, 5) is 2.42. The van der Waals surface area contributed by atoms with Gasteiger partial charge < -0.3 is 4.90 Å². The van der Waals surface area contributed by atoms with E-state index in [0.717, 1.165) is 17.1 Å². The average Bonchev–Trinajstić information content (AvgIpc) is 3.39. The fourth-order valence-electron chi connectivity index (χ4n) is 9.99. The lowest BCUT2D eigenvalue weighted by Crippen LogP contribution is -2.10. The maximum Gasteiger partial charge on any atom is 0.0468 e. The summed E-state index contributed by atoms with van der Waals surface area (Å²) in [5, 5.41) is 9.94. The molecule has 0 N–H and O–H groups in total. The highest BCUT2D eigenvalue weighted by Crippen LogP contribution is 2.47. The van der Waals surface area contributed by atoms with Gasteiger partial charge in [0, 0.05) is 17.1 Å². The minimum absolute atomic E-state index is 1.08. The Hall–Kier alpha value is -8.52. The molecule has 0 radical (unpaired) electrons. The topological polar surface area (TPSA) is 3.24 Å². The van der Waals surface area contributed by atoms with Crippen LogP contribution in [0.5, 0.6) is 0 Å². The Kier molecular flexibility index (Phi) is 9.58. The van der Waals surface area contributed by atoms with Crippen molar-refractivity contribution in [3.8, 4) is 55.6 Å². The smallest absolute Gasteiger partial charge is 0.0468 e. The molecule has 0 aromatic heterocycles. The maximum atomic E-state index is 2.42. The minimum atomic E-state index is 1.08. The Labute approximate surface area is 379 Å². The molecule has 0 saturated carbocycles. The maximum absolute atomic E-state index is 2.42. The molecule has 0 bridgehead atoms. The molecule has 0 aliphatic heterocycles. The summed E-state index contributed by atoms with van der Waals surface area (Å²) < 4.78 is 0. The van der Waals surface area contributed by atoms with Crippen molar-refractivity contribution in [2.45, 2.75) is 0 Å². The van der Waals surface area contributed by atoms with Crippen LogP contribution in [0.2, 0.25) is 0 Å². The lowest BCUT2D eigenvalue weighted by Gasteiger charge is -2.27. The van der Waals surface area contributed by atoms with Crippen LogP contribution in [0.3, 0.4) is 0 Å². The largest absolute Gasteiger partial charge is 0.310 e. The van der Waals surface area contributed by atoms with Gasteiger partial charge in [-0.2, -0.15) is 0 Å². The zero-order valence-electron chi connectivity index (χ0n) is 35.8. The van der Waals surface area contributed by atoms with Gasteiger partial charge >= 0.3 is 0 Å². The highest BCUT2D eigenvalue weighted by Gasteiger charge is 2.21. The molecule has 304 valence electrons. The number of benzene rings is 12. The molecule has 0 spiro atoms. The zero-order valence-corrected chi connectivity index (χ0v) is 35.8. The lowest BCUT2D eigenvalue weighted by atomic mass is 9.85. The van der Waals surface area contributed by atoms with Gasteiger partial charge in [0.1, 0.15) is 0 Å². The molecule has 0 saturated heterocycles. The van der Waals surface area contributed by atoms with Gasteiger partial charge in [0.2, 0.25) is 0 Å². The van der Waals surface area contributed by atoms with Crippen molar-refractivity contribution in [2.24, 2.45) is 0 Å². The van der Waals surface area contributed by atoms with Gasteiger partial charge in [0.25, 0.3) is 0 Å². The number of nitrogens with zero attached hydrogens (tertiary/aromatic N) is 1. The van der Waals surface area contributed by atoms with Gasteiger partial charge in [-0.15, -0.1) is 0 Å². The van der Waals surface area contributed by atoms with Gasteiger partial charge in [-0.05, 0) is 135 Å². The van der Waals surface area contributed by atoms with Crippen molar-refractivity contribution >= 4 is 60.2 Å². The molecule has 1 heteroatoms. The Balaban J connectivity index is 1.03. The molecule has 0 amide bonds. The first-order valence-electron chi connectivity index (χ1n) is 22.4. The van der Waals surface area contributed by atoms with Crippen LogP contribution in [-0.4, -0.2) is 0 Å². The Morgan fingerprint density at radius 3 is 1.25 bits per heavy atom. The van der Waals surface area contributed by atoms with Crippen molar-refractivity contribution in [2.75, 3.05) is 4.90 Å². The lowest BCUT2D eigenvalue weighted by molar-refractivity contribution is 1.29. The third-order valence-electron chi connectivity index (χ3n) is 13.0. The quantitative estimate of drug-likeness (QED) is 0.138. The van der Waals surface area contributed by atoms with Gasteiger partial charge in [-0.25, -0.2) is 0 Å². The molecule has 0 fully saturated rings. The van der Waals surface area contributed by atoms with Crippen molar-refractivity contribution in [3.63, 3.8) is 0 Å². The molecule has 0 unspecified atom stereocenters. The number of anilines is 3. The molecular formula is C64H43N. The van der Waals surface area contributed by atoms with E-state index >= 15 is 0 Å². The second kappa shape index (κ2) is 16.3. The summed E-state index contributed by atoms with van der Waals surface area (Å²) in [6.07, 6.45) is 0. The fraction of sp³-hybridized carbons (Fsp3) is 0. The summed E-state index contributed by atoms with van der Waals surface area (Å²) in [5.74, 6) is 0. The standard InChI is InChI=1S/C64H43N/c1-3-18-49(19-4-1)63-61-29-12-11-28-59(61)60-41-40-54(43-62(60)64(63)50-20-5-2-6-21-50)65(53-25-13-24-51(42-53)58-31-15-23-47-17-8-10-27-56(47)58)52-38-36-45(37-39-52)44-32-34-48(35-33-44)57-30-14-22-46-16-7-9-26-55(46)57/h1-43H. The van der Waals surface area contributed by atoms with E-state index in [0.29, 0.717) is 0 Å². The SMILES string of the molecule is c1ccc(-c2c(-c3ccccc3)c3cc(N(c4ccc(-c5ccc(-c6cccc7ccccc67)cc5)cc4)c4cccc(-c5cccc6ccccc56)c4)ccc3c3ccccc23)cc1. The van der Waals surface area contributed by atoms with Crippen LogP contribution in [0.15, 0.2) is 261 Å². The predicted molar refractivity (Wildman–Crippen MR) is 278 cm³/mol. The van der Waals surface area contributed by atoms with Gasteiger partial charge in [-0.1, -0.05) is 224 Å². The second-order valence-electron chi connectivity index (χ2n) is 16.8. The highest BCUT2D eigenvalue weighted by molar-refractivity contribution is 6.22. The number of hydrogen-bond donors (Lipinski definition) is 0. The van der Waals surface area contributed by atoms with E-state index in [1.165, 1.54) is 98.7 Å². The molecular weight excluding hydrogens is 783 g/mol. The summed E-state index contributed by atoms with van der Waals surface area (Å²) in [6.45, 7) is 0. The van der Waals surface area contributed by atoms with Crippen molar-refractivity contribution in [1.82, 2.24) is 0 Å². The zero-order chi connectivity index (χ0) is 43.1. The van der Waals surface area contributed by atoms with E-state index in [4.69, 9.17) is 0 Å². The van der Waals surface area contributed by atoms with Gasteiger partial charge in [0.15, 0.2) is 0 Å². The van der Waals surface area contributed by atoms with Crippen LogP contribution >= 0.6 is 0 Å². The Morgan fingerprint density at radius 2 is 0.615 bits per heavy atom. The van der Waals surface area contributed by atoms with Crippen molar-refractivity contribution < 1.29 is 0 Å².